The minimum absolute atomic E-state index is 0.371. The van der Waals surface area contributed by atoms with Gasteiger partial charge in [-0.25, -0.2) is 4.98 Å². The second-order valence-electron chi connectivity index (χ2n) is 2.87. The summed E-state index contributed by atoms with van der Waals surface area (Å²) in [5.74, 6) is -0.371. The molecule has 0 unspecified atom stereocenters. The summed E-state index contributed by atoms with van der Waals surface area (Å²) in [7, 11) is 1.89. The number of alkyl halides is 2. The molecule has 0 saturated heterocycles. The van der Waals surface area contributed by atoms with E-state index >= 15 is 0 Å². The molecule has 78 valence electrons. The molecule has 1 amide bonds. The van der Waals surface area contributed by atoms with Crippen LogP contribution in [0.3, 0.4) is 0 Å². The number of rotatable bonds is 4. The van der Waals surface area contributed by atoms with Crippen LogP contribution in [0.25, 0.3) is 0 Å². The maximum Gasteiger partial charge on any atom is 0.253 e. The van der Waals surface area contributed by atoms with Gasteiger partial charge in [-0.3, -0.25) is 4.79 Å². The molecule has 0 aromatic carbocycles. The van der Waals surface area contributed by atoms with E-state index in [1.54, 1.807) is 6.33 Å². The van der Waals surface area contributed by atoms with E-state index in [9.17, 15) is 4.79 Å². The van der Waals surface area contributed by atoms with Crippen LogP contribution in [0.15, 0.2) is 12.5 Å². The Labute approximate surface area is 92.2 Å². The summed E-state index contributed by atoms with van der Waals surface area (Å²) < 4.78 is 1.85. The van der Waals surface area contributed by atoms with Gasteiger partial charge in [-0.05, 0) is 0 Å². The molecule has 1 N–H and O–H groups in total. The van der Waals surface area contributed by atoms with E-state index in [0.717, 1.165) is 5.69 Å². The average Bonchev–Trinajstić information content (AvgIpc) is 2.51. The van der Waals surface area contributed by atoms with Crippen LogP contribution in [0.2, 0.25) is 0 Å². The SMILES string of the molecule is Cn1cnc(CCNC(=O)C(Cl)Cl)c1. The van der Waals surface area contributed by atoms with Gasteiger partial charge in [0.1, 0.15) is 0 Å². The zero-order chi connectivity index (χ0) is 10.6. The Bertz CT molecular complexity index is 311. The van der Waals surface area contributed by atoms with E-state index in [4.69, 9.17) is 23.2 Å². The van der Waals surface area contributed by atoms with Crippen molar-refractivity contribution in [1.82, 2.24) is 14.9 Å². The maximum atomic E-state index is 10.9. The van der Waals surface area contributed by atoms with Gasteiger partial charge >= 0.3 is 0 Å². The third-order valence-electron chi connectivity index (χ3n) is 1.64. The number of aromatic nitrogens is 2. The summed E-state index contributed by atoms with van der Waals surface area (Å²) in [6.45, 7) is 0.492. The Kier molecular flexibility index (Phi) is 4.22. The molecule has 0 bridgehead atoms. The lowest BCUT2D eigenvalue weighted by molar-refractivity contribution is -0.119. The Balaban J connectivity index is 2.25. The fraction of sp³-hybridized carbons (Fsp3) is 0.500. The van der Waals surface area contributed by atoms with E-state index in [0.29, 0.717) is 13.0 Å². The van der Waals surface area contributed by atoms with Crippen LogP contribution in [-0.4, -0.2) is 26.8 Å². The van der Waals surface area contributed by atoms with Gasteiger partial charge in [0.05, 0.1) is 12.0 Å². The highest BCUT2D eigenvalue weighted by Crippen LogP contribution is 2.00. The topological polar surface area (TPSA) is 46.9 Å². The van der Waals surface area contributed by atoms with Gasteiger partial charge in [0.15, 0.2) is 4.84 Å². The van der Waals surface area contributed by atoms with Gasteiger partial charge in [0, 0.05) is 26.2 Å². The number of amides is 1. The molecule has 0 radical (unpaired) electrons. The van der Waals surface area contributed by atoms with Crippen molar-refractivity contribution in [2.45, 2.75) is 11.3 Å². The molecule has 0 fully saturated rings. The molecule has 0 saturated carbocycles. The van der Waals surface area contributed by atoms with Crippen LogP contribution in [0, 0.1) is 0 Å². The predicted octanol–water partition coefficient (Wildman–Crippen LogP) is 0.882. The van der Waals surface area contributed by atoms with E-state index in [1.165, 1.54) is 0 Å². The second kappa shape index (κ2) is 5.22. The fourth-order valence-corrected chi connectivity index (χ4v) is 1.14. The highest BCUT2D eigenvalue weighted by molar-refractivity contribution is 6.53. The molecule has 1 aromatic rings. The average molecular weight is 236 g/mol. The van der Waals surface area contributed by atoms with E-state index < -0.39 is 4.84 Å². The van der Waals surface area contributed by atoms with Crippen molar-refractivity contribution in [1.29, 1.82) is 0 Å². The highest BCUT2D eigenvalue weighted by Gasteiger charge is 2.09. The van der Waals surface area contributed by atoms with Gasteiger partial charge in [-0.2, -0.15) is 0 Å². The Morgan fingerprint density at radius 3 is 2.93 bits per heavy atom. The van der Waals surface area contributed by atoms with Gasteiger partial charge in [-0.1, -0.05) is 23.2 Å². The van der Waals surface area contributed by atoms with Gasteiger partial charge in [-0.15, -0.1) is 0 Å². The summed E-state index contributed by atoms with van der Waals surface area (Å²) in [5.41, 5.74) is 0.925. The first-order valence-corrected chi connectivity index (χ1v) is 4.99. The monoisotopic (exact) mass is 235 g/mol. The van der Waals surface area contributed by atoms with Crippen LogP contribution >= 0.6 is 23.2 Å². The maximum absolute atomic E-state index is 10.9. The zero-order valence-electron chi connectivity index (χ0n) is 7.70. The Hall–Kier alpha value is -0.740. The highest BCUT2D eigenvalue weighted by atomic mass is 35.5. The molecular weight excluding hydrogens is 225 g/mol. The van der Waals surface area contributed by atoms with Crippen LogP contribution < -0.4 is 5.32 Å². The summed E-state index contributed by atoms with van der Waals surface area (Å²) in [4.78, 5) is 14.0. The van der Waals surface area contributed by atoms with Crippen LogP contribution in [0.4, 0.5) is 0 Å². The molecule has 1 aromatic heterocycles. The Morgan fingerprint density at radius 2 is 2.43 bits per heavy atom. The minimum Gasteiger partial charge on any atom is -0.353 e. The first-order valence-electron chi connectivity index (χ1n) is 4.12. The summed E-state index contributed by atoms with van der Waals surface area (Å²) in [6, 6.07) is 0. The zero-order valence-corrected chi connectivity index (χ0v) is 9.22. The van der Waals surface area contributed by atoms with Crippen molar-refractivity contribution >= 4 is 29.1 Å². The van der Waals surface area contributed by atoms with Crippen molar-refractivity contribution in [2.75, 3.05) is 6.54 Å². The van der Waals surface area contributed by atoms with E-state index in [-0.39, 0.29) is 5.91 Å². The lowest BCUT2D eigenvalue weighted by atomic mass is 10.3. The number of carbonyl (C=O) groups excluding carboxylic acids is 1. The summed E-state index contributed by atoms with van der Waals surface area (Å²) in [6.07, 6.45) is 4.28. The van der Waals surface area contributed by atoms with Crippen LogP contribution in [0.5, 0.6) is 0 Å². The lowest BCUT2D eigenvalue weighted by Crippen LogP contribution is -2.30. The molecule has 0 atom stereocenters. The van der Waals surface area contributed by atoms with Crippen molar-refractivity contribution in [3.63, 3.8) is 0 Å². The molecule has 0 spiro atoms. The summed E-state index contributed by atoms with van der Waals surface area (Å²) >= 11 is 10.7. The number of hydrogen-bond acceptors (Lipinski definition) is 2. The van der Waals surface area contributed by atoms with Crippen molar-refractivity contribution < 1.29 is 4.79 Å². The first kappa shape index (κ1) is 11.3. The quantitative estimate of drug-likeness (QED) is 0.789. The number of halogens is 2. The molecular formula is C8H11Cl2N3O. The van der Waals surface area contributed by atoms with Crippen molar-refractivity contribution in [3.05, 3.63) is 18.2 Å². The van der Waals surface area contributed by atoms with Gasteiger partial charge in [0.2, 0.25) is 0 Å². The standard InChI is InChI=1S/C8H11Cl2N3O/c1-13-4-6(12-5-13)2-3-11-8(14)7(9)10/h4-5,7H,2-3H2,1H3,(H,11,14). The largest absolute Gasteiger partial charge is 0.353 e. The van der Waals surface area contributed by atoms with Crippen molar-refractivity contribution in [2.24, 2.45) is 7.05 Å². The number of nitrogens with zero attached hydrogens (tertiary/aromatic N) is 2. The summed E-state index contributed by atoms with van der Waals surface area (Å²) in [5, 5.41) is 2.59. The van der Waals surface area contributed by atoms with Crippen LogP contribution in [-0.2, 0) is 18.3 Å². The number of carbonyl (C=O) groups is 1. The third-order valence-corrected chi connectivity index (χ3v) is 2.03. The normalized spacial score (nSPS) is 10.6. The number of aryl methyl sites for hydroxylation is 1. The lowest BCUT2D eigenvalue weighted by Gasteiger charge is -2.03. The second-order valence-corrected chi connectivity index (χ2v) is 3.97. The van der Waals surface area contributed by atoms with Crippen molar-refractivity contribution in [3.8, 4) is 0 Å². The van der Waals surface area contributed by atoms with Gasteiger partial charge in [0.25, 0.3) is 5.91 Å². The Morgan fingerprint density at radius 1 is 1.71 bits per heavy atom. The molecule has 1 rings (SSSR count). The molecule has 1 heterocycles. The van der Waals surface area contributed by atoms with E-state index in [2.05, 4.69) is 10.3 Å². The smallest absolute Gasteiger partial charge is 0.253 e. The molecule has 4 nitrogen and oxygen atoms in total. The van der Waals surface area contributed by atoms with E-state index in [1.807, 2.05) is 17.8 Å². The minimum atomic E-state index is -1.00. The molecule has 6 heteroatoms. The number of hydrogen-bond donors (Lipinski definition) is 1. The van der Waals surface area contributed by atoms with Crippen LogP contribution in [0.1, 0.15) is 5.69 Å². The molecule has 0 aliphatic heterocycles. The first-order chi connectivity index (χ1) is 6.59. The fourth-order valence-electron chi connectivity index (χ4n) is 0.987. The predicted molar refractivity (Wildman–Crippen MR) is 55.4 cm³/mol. The number of nitrogens with one attached hydrogen (secondary N) is 1. The van der Waals surface area contributed by atoms with Gasteiger partial charge < -0.3 is 9.88 Å². The number of imidazole rings is 1. The molecule has 14 heavy (non-hydrogen) atoms. The molecule has 0 aliphatic carbocycles. The third kappa shape index (κ3) is 3.55. The molecule has 0 aliphatic rings.